The minimum absolute atomic E-state index is 0.000975. The van der Waals surface area contributed by atoms with Crippen molar-refractivity contribution in [1.29, 1.82) is 0 Å². The van der Waals surface area contributed by atoms with Crippen molar-refractivity contribution in [2.45, 2.75) is 64.8 Å². The summed E-state index contributed by atoms with van der Waals surface area (Å²) in [5.74, 6) is 0.283. The zero-order valence-electron chi connectivity index (χ0n) is 18.0. The Morgan fingerprint density at radius 1 is 1.03 bits per heavy atom. The van der Waals surface area contributed by atoms with Crippen LogP contribution >= 0.6 is 7.82 Å². The van der Waals surface area contributed by atoms with E-state index in [9.17, 15) is 14.6 Å². The highest BCUT2D eigenvalue weighted by molar-refractivity contribution is 7.47. The number of phosphoric ester groups is 1. The Kier molecular flexibility index (Phi) is 8.05. The first-order chi connectivity index (χ1) is 14.7. The summed E-state index contributed by atoms with van der Waals surface area (Å²) in [7, 11) is -4.39. The Hall–Kier alpha value is -1.57. The van der Waals surface area contributed by atoms with Gasteiger partial charge in [-0.15, -0.1) is 0 Å². The molecule has 1 saturated heterocycles. The highest BCUT2D eigenvalue weighted by Crippen LogP contribution is 2.48. The van der Waals surface area contributed by atoms with Crippen LogP contribution < -0.4 is 0 Å². The maximum absolute atomic E-state index is 12.5. The van der Waals surface area contributed by atoms with Crippen LogP contribution in [-0.2, 0) is 31.6 Å². The fourth-order valence-electron chi connectivity index (χ4n) is 3.64. The van der Waals surface area contributed by atoms with Crippen LogP contribution in [0.2, 0.25) is 0 Å². The van der Waals surface area contributed by atoms with Crippen molar-refractivity contribution in [1.82, 2.24) is 0 Å². The first kappa shape index (κ1) is 24.1. The molecule has 170 valence electrons. The molecule has 31 heavy (non-hydrogen) atoms. The predicted octanol–water partition coefficient (Wildman–Crippen LogP) is 4.04. The van der Waals surface area contributed by atoms with Crippen molar-refractivity contribution < 1.29 is 33.5 Å². The van der Waals surface area contributed by atoms with Gasteiger partial charge in [-0.1, -0.05) is 62.4 Å². The second-order valence-corrected chi connectivity index (χ2v) is 9.77. The number of hydrogen-bond donors (Lipinski definition) is 3. The first-order valence-corrected chi connectivity index (χ1v) is 12.0. The smallest absolute Gasteiger partial charge is 0.392 e. The van der Waals surface area contributed by atoms with Crippen LogP contribution in [0.5, 0.6) is 0 Å². The largest absolute Gasteiger partial charge is 0.472 e. The van der Waals surface area contributed by atoms with Gasteiger partial charge in [0.1, 0.15) is 12.2 Å². The van der Waals surface area contributed by atoms with Crippen LogP contribution in [0.25, 0.3) is 11.1 Å². The molecule has 0 bridgehead atoms. The topological polar surface area (TPSA) is 105 Å². The van der Waals surface area contributed by atoms with E-state index in [1.807, 2.05) is 62.4 Å². The number of aliphatic hydroxyl groups excluding tert-OH is 2. The van der Waals surface area contributed by atoms with Gasteiger partial charge >= 0.3 is 7.82 Å². The summed E-state index contributed by atoms with van der Waals surface area (Å²) in [4.78, 5) is 10.2. The third-order valence-electron chi connectivity index (χ3n) is 5.35. The minimum Gasteiger partial charge on any atom is -0.392 e. The Bertz CT molecular complexity index is 880. The van der Waals surface area contributed by atoms with E-state index in [0.717, 1.165) is 16.7 Å². The molecule has 5 atom stereocenters. The Labute approximate surface area is 183 Å². The molecular weight excluding hydrogens is 419 g/mol. The van der Waals surface area contributed by atoms with E-state index in [-0.39, 0.29) is 19.1 Å². The molecule has 3 N–H and O–H groups in total. The second kappa shape index (κ2) is 10.4. The summed E-state index contributed by atoms with van der Waals surface area (Å²) in [6.45, 7) is 5.63. The molecule has 8 heteroatoms. The molecule has 0 aliphatic carbocycles. The lowest BCUT2D eigenvalue weighted by Gasteiger charge is -2.24. The zero-order chi connectivity index (χ0) is 22.6. The second-order valence-electron chi connectivity index (χ2n) is 8.36. The summed E-state index contributed by atoms with van der Waals surface area (Å²) >= 11 is 0. The lowest BCUT2D eigenvalue weighted by Crippen LogP contribution is -2.34. The van der Waals surface area contributed by atoms with Gasteiger partial charge in [-0.25, -0.2) is 4.57 Å². The van der Waals surface area contributed by atoms with Gasteiger partial charge in [-0.3, -0.25) is 9.05 Å². The molecule has 3 rings (SSSR count). The van der Waals surface area contributed by atoms with Crippen LogP contribution in [-0.4, -0.2) is 39.5 Å². The average molecular weight is 450 g/mol. The molecule has 1 aliphatic rings. The van der Waals surface area contributed by atoms with Gasteiger partial charge in [0.05, 0.1) is 25.4 Å². The maximum atomic E-state index is 12.5. The third-order valence-corrected chi connectivity index (χ3v) is 6.32. The summed E-state index contributed by atoms with van der Waals surface area (Å²) in [5.41, 5.74) is 3.54. The van der Waals surface area contributed by atoms with Crippen molar-refractivity contribution in [3.63, 3.8) is 0 Å². The lowest BCUT2D eigenvalue weighted by molar-refractivity contribution is -0.00124. The summed E-state index contributed by atoms with van der Waals surface area (Å²) in [6, 6.07) is 15.0. The molecule has 7 nitrogen and oxygen atoms in total. The molecule has 0 aromatic heterocycles. The van der Waals surface area contributed by atoms with Crippen LogP contribution in [0, 0.1) is 5.92 Å². The van der Waals surface area contributed by atoms with Crippen LogP contribution in [0.3, 0.4) is 0 Å². The third kappa shape index (κ3) is 6.46. The number of ether oxygens (including phenoxy) is 1. The van der Waals surface area contributed by atoms with E-state index in [4.69, 9.17) is 18.9 Å². The summed E-state index contributed by atoms with van der Waals surface area (Å²) in [6.07, 6.45) is -2.26. The van der Waals surface area contributed by atoms with Gasteiger partial charge in [-0.2, -0.15) is 0 Å². The molecule has 0 amide bonds. The van der Waals surface area contributed by atoms with Crippen molar-refractivity contribution in [2.24, 2.45) is 5.92 Å². The fraction of sp³-hybridized carbons (Fsp3) is 0.478. The predicted molar refractivity (Wildman–Crippen MR) is 117 cm³/mol. The molecule has 2 aromatic rings. The Morgan fingerprint density at radius 3 is 2.10 bits per heavy atom. The quantitative estimate of drug-likeness (QED) is 0.495. The Balaban J connectivity index is 1.59. The number of hydrogen-bond acceptors (Lipinski definition) is 6. The monoisotopic (exact) mass is 450 g/mol. The molecule has 1 heterocycles. The zero-order valence-corrected chi connectivity index (χ0v) is 18.9. The summed E-state index contributed by atoms with van der Waals surface area (Å²) in [5, 5.41) is 19.5. The highest BCUT2D eigenvalue weighted by atomic mass is 31.2. The number of benzene rings is 2. The minimum atomic E-state index is -4.39. The highest BCUT2D eigenvalue weighted by Gasteiger charge is 2.46. The van der Waals surface area contributed by atoms with Gasteiger partial charge in [0.15, 0.2) is 0 Å². The van der Waals surface area contributed by atoms with E-state index >= 15 is 0 Å². The molecule has 2 aromatic carbocycles. The molecule has 1 unspecified atom stereocenters. The van der Waals surface area contributed by atoms with E-state index in [1.165, 1.54) is 0 Å². The molecule has 1 aliphatic heterocycles. The van der Waals surface area contributed by atoms with Gasteiger partial charge in [-0.05, 0) is 41.5 Å². The van der Waals surface area contributed by atoms with Gasteiger partial charge in [0.2, 0.25) is 0 Å². The SMILES string of the molecule is CC(C)C[C@H]1O[C@@H](C)[C@H](O)[C@@H]1OP(=O)(O)OCc1ccc(-c2ccc(CO)cc2)cc1. The molecule has 1 fully saturated rings. The van der Waals surface area contributed by atoms with E-state index in [0.29, 0.717) is 12.0 Å². The van der Waals surface area contributed by atoms with Crippen LogP contribution in [0.1, 0.15) is 38.3 Å². The number of rotatable bonds is 9. The van der Waals surface area contributed by atoms with Crippen molar-refractivity contribution >= 4 is 7.82 Å². The maximum Gasteiger partial charge on any atom is 0.472 e. The standard InChI is InChI=1S/C23H31O7P/c1-15(2)12-21-23(22(25)16(3)29-21)30-31(26,27)28-14-18-6-10-20(11-7-18)19-8-4-17(13-24)5-9-19/h4-11,15-16,21-25H,12-14H2,1-3H3,(H,26,27)/t16-,21+,22-,23+/m0/s1. The van der Waals surface area contributed by atoms with Crippen molar-refractivity contribution in [3.05, 3.63) is 59.7 Å². The molecule has 0 spiro atoms. The molecular formula is C23H31O7P. The first-order valence-electron chi connectivity index (χ1n) is 10.5. The molecule has 0 radical (unpaired) electrons. The number of aliphatic hydroxyl groups is 2. The van der Waals surface area contributed by atoms with E-state index < -0.39 is 32.2 Å². The molecule has 0 saturated carbocycles. The van der Waals surface area contributed by atoms with Gasteiger partial charge in [0, 0.05) is 0 Å². The average Bonchev–Trinajstić information content (AvgIpc) is 2.99. The van der Waals surface area contributed by atoms with Crippen molar-refractivity contribution in [3.8, 4) is 11.1 Å². The van der Waals surface area contributed by atoms with Gasteiger partial charge < -0.3 is 19.8 Å². The van der Waals surface area contributed by atoms with Crippen LogP contribution in [0.4, 0.5) is 0 Å². The van der Waals surface area contributed by atoms with Gasteiger partial charge in [0.25, 0.3) is 0 Å². The van der Waals surface area contributed by atoms with Crippen LogP contribution in [0.15, 0.2) is 48.5 Å². The number of phosphoric acid groups is 1. The fourth-order valence-corrected chi connectivity index (χ4v) is 4.58. The lowest BCUT2D eigenvalue weighted by atomic mass is 10.00. The van der Waals surface area contributed by atoms with E-state index in [2.05, 4.69) is 0 Å². The normalized spacial score (nSPS) is 25.6. The van der Waals surface area contributed by atoms with E-state index in [1.54, 1.807) is 6.92 Å². The van der Waals surface area contributed by atoms with Crippen molar-refractivity contribution in [2.75, 3.05) is 0 Å². The Morgan fingerprint density at radius 2 is 1.58 bits per heavy atom. The summed E-state index contributed by atoms with van der Waals surface area (Å²) < 4.78 is 28.7.